The van der Waals surface area contributed by atoms with Gasteiger partial charge in [-0.2, -0.15) is 0 Å². The number of halogens is 1. The molecule has 0 aliphatic carbocycles. The highest BCUT2D eigenvalue weighted by Gasteiger charge is 2.33. The van der Waals surface area contributed by atoms with Crippen LogP contribution in [0.25, 0.3) is 6.08 Å². The number of amides is 1. The SMILES string of the molecule is O=C(O)c1ccc(COc2ccc(/C=C3/SC(=NCc4ccccc4)N(Cc4ccccc4)C3=O)cc2Br)cc1. The van der Waals surface area contributed by atoms with Gasteiger partial charge in [0.05, 0.1) is 28.0 Å². The molecule has 0 spiro atoms. The Morgan fingerprint density at radius 3 is 2.23 bits per heavy atom. The molecule has 4 aromatic carbocycles. The second-order valence-corrected chi connectivity index (χ2v) is 10.9. The maximum absolute atomic E-state index is 13.5. The number of carboxylic acids is 1. The van der Waals surface area contributed by atoms with E-state index < -0.39 is 5.97 Å². The first kappa shape index (κ1) is 27.4. The summed E-state index contributed by atoms with van der Waals surface area (Å²) in [6.45, 7) is 1.23. The smallest absolute Gasteiger partial charge is 0.335 e. The molecule has 0 unspecified atom stereocenters. The number of carbonyl (C=O) groups excluding carboxylic acids is 1. The van der Waals surface area contributed by atoms with Gasteiger partial charge in [-0.1, -0.05) is 78.9 Å². The number of carbonyl (C=O) groups is 2. The summed E-state index contributed by atoms with van der Waals surface area (Å²) < 4.78 is 6.68. The maximum atomic E-state index is 13.5. The molecule has 0 saturated carbocycles. The third kappa shape index (κ3) is 6.89. The zero-order valence-corrected chi connectivity index (χ0v) is 23.8. The van der Waals surface area contributed by atoms with Crippen LogP contribution in [0.3, 0.4) is 0 Å². The van der Waals surface area contributed by atoms with Gasteiger partial charge < -0.3 is 9.84 Å². The average molecular weight is 614 g/mol. The summed E-state index contributed by atoms with van der Waals surface area (Å²) in [6, 6.07) is 32.1. The summed E-state index contributed by atoms with van der Waals surface area (Å²) in [5, 5.41) is 9.74. The number of thioether (sulfide) groups is 1. The number of hydrogen-bond donors (Lipinski definition) is 1. The lowest BCUT2D eigenvalue weighted by Crippen LogP contribution is -2.28. The fourth-order valence-electron chi connectivity index (χ4n) is 4.05. The largest absolute Gasteiger partial charge is 0.488 e. The van der Waals surface area contributed by atoms with Gasteiger partial charge in [0.1, 0.15) is 12.4 Å². The van der Waals surface area contributed by atoms with Crippen LogP contribution in [0.1, 0.15) is 32.6 Å². The van der Waals surface area contributed by atoms with Crippen LogP contribution in [0.2, 0.25) is 0 Å². The number of hydrogen-bond acceptors (Lipinski definition) is 5. The van der Waals surface area contributed by atoms with Crippen LogP contribution in [-0.2, 0) is 24.5 Å². The number of nitrogens with zero attached hydrogens (tertiary/aromatic N) is 2. The Hall–Kier alpha value is -4.14. The van der Waals surface area contributed by atoms with Crippen molar-refractivity contribution in [2.45, 2.75) is 19.7 Å². The van der Waals surface area contributed by atoms with Crippen LogP contribution >= 0.6 is 27.7 Å². The van der Waals surface area contributed by atoms with Crippen LogP contribution < -0.4 is 4.74 Å². The number of ether oxygens (including phenoxy) is 1. The summed E-state index contributed by atoms with van der Waals surface area (Å²) in [4.78, 5) is 31.7. The van der Waals surface area contributed by atoms with E-state index in [2.05, 4.69) is 15.9 Å². The molecule has 1 heterocycles. The molecule has 1 amide bonds. The fraction of sp³-hybridized carbons (Fsp3) is 0.0938. The molecule has 40 heavy (non-hydrogen) atoms. The van der Waals surface area contributed by atoms with E-state index in [1.54, 1.807) is 29.2 Å². The maximum Gasteiger partial charge on any atom is 0.335 e. The lowest BCUT2D eigenvalue weighted by Gasteiger charge is -2.15. The molecular formula is C32H25BrN2O4S. The van der Waals surface area contributed by atoms with E-state index >= 15 is 0 Å². The third-order valence-electron chi connectivity index (χ3n) is 6.16. The van der Waals surface area contributed by atoms with Crippen molar-refractivity contribution in [1.29, 1.82) is 0 Å². The predicted molar refractivity (Wildman–Crippen MR) is 162 cm³/mol. The highest BCUT2D eigenvalue weighted by atomic mass is 79.9. The van der Waals surface area contributed by atoms with E-state index in [0.29, 0.717) is 35.5 Å². The minimum atomic E-state index is -0.961. The number of amidine groups is 1. The van der Waals surface area contributed by atoms with Crippen molar-refractivity contribution in [3.8, 4) is 5.75 Å². The number of carboxylic acid groups (broad SMARTS) is 1. The number of rotatable bonds is 9. The first-order chi connectivity index (χ1) is 19.5. The van der Waals surface area contributed by atoms with Crippen molar-refractivity contribution < 1.29 is 19.4 Å². The molecule has 1 aliphatic rings. The van der Waals surface area contributed by atoms with Crippen LogP contribution in [0.5, 0.6) is 5.75 Å². The average Bonchev–Trinajstić information content (AvgIpc) is 3.26. The third-order valence-corrected chi connectivity index (χ3v) is 7.82. The first-order valence-electron chi connectivity index (χ1n) is 12.5. The van der Waals surface area contributed by atoms with Gasteiger partial charge in [0.25, 0.3) is 5.91 Å². The quantitative estimate of drug-likeness (QED) is 0.199. The summed E-state index contributed by atoms with van der Waals surface area (Å²) >= 11 is 4.96. The molecule has 0 aromatic heterocycles. The number of aliphatic imine (C=N–C) groups is 1. The zero-order chi connectivity index (χ0) is 27.9. The van der Waals surface area contributed by atoms with Crippen molar-refractivity contribution in [1.82, 2.24) is 4.90 Å². The molecular weight excluding hydrogens is 588 g/mol. The second-order valence-electron chi connectivity index (χ2n) is 9.05. The fourth-order valence-corrected chi connectivity index (χ4v) is 5.54. The molecule has 200 valence electrons. The predicted octanol–water partition coefficient (Wildman–Crippen LogP) is 7.40. The number of benzene rings is 4. The van der Waals surface area contributed by atoms with Crippen LogP contribution in [0.4, 0.5) is 0 Å². The molecule has 1 aliphatic heterocycles. The Balaban J connectivity index is 1.32. The van der Waals surface area contributed by atoms with Crippen molar-refractivity contribution in [3.63, 3.8) is 0 Å². The molecule has 0 radical (unpaired) electrons. The topological polar surface area (TPSA) is 79.2 Å². The van der Waals surface area contributed by atoms with Crippen LogP contribution in [0, 0.1) is 0 Å². The summed E-state index contributed by atoms with van der Waals surface area (Å²) in [5.41, 5.74) is 4.06. The Labute approximate surface area is 245 Å². The van der Waals surface area contributed by atoms with Crippen LogP contribution in [-0.4, -0.2) is 27.1 Å². The number of aromatic carboxylic acids is 1. The molecule has 5 rings (SSSR count). The van der Waals surface area contributed by atoms with Gasteiger partial charge in [0, 0.05) is 0 Å². The van der Waals surface area contributed by atoms with Gasteiger partial charge in [-0.15, -0.1) is 0 Å². The Bertz CT molecular complexity index is 1570. The van der Waals surface area contributed by atoms with Gasteiger partial charge in [-0.25, -0.2) is 4.79 Å². The summed E-state index contributed by atoms with van der Waals surface area (Å²) in [5.74, 6) is -0.399. The van der Waals surface area contributed by atoms with E-state index in [-0.39, 0.29) is 11.5 Å². The monoisotopic (exact) mass is 612 g/mol. The van der Waals surface area contributed by atoms with Gasteiger partial charge in [-0.3, -0.25) is 14.7 Å². The Kier molecular flexibility index (Phi) is 8.78. The molecule has 8 heteroatoms. The van der Waals surface area contributed by atoms with Crippen LogP contribution in [0.15, 0.2) is 117 Å². The van der Waals surface area contributed by atoms with Gasteiger partial charge in [0.2, 0.25) is 0 Å². The Morgan fingerprint density at radius 1 is 0.900 bits per heavy atom. The normalized spacial score (nSPS) is 15.1. The standard InChI is InChI=1S/C32H25BrN2O4S/c33-27-17-25(13-16-28(27)39-21-24-11-14-26(15-12-24)31(37)38)18-29-30(36)35(20-23-9-5-2-6-10-23)32(40-29)34-19-22-7-3-1-4-8-22/h1-18H,19-21H2,(H,37,38)/b29-18+,34-32?. The molecule has 6 nitrogen and oxygen atoms in total. The molecule has 0 atom stereocenters. The lowest BCUT2D eigenvalue weighted by molar-refractivity contribution is -0.122. The minimum Gasteiger partial charge on any atom is -0.488 e. The molecule has 0 bridgehead atoms. The van der Waals surface area contributed by atoms with Gasteiger partial charge >= 0.3 is 5.97 Å². The zero-order valence-electron chi connectivity index (χ0n) is 21.4. The summed E-state index contributed by atoms with van der Waals surface area (Å²) in [6.07, 6.45) is 1.87. The van der Waals surface area contributed by atoms with Crippen molar-refractivity contribution in [2.24, 2.45) is 4.99 Å². The van der Waals surface area contributed by atoms with Crippen molar-refractivity contribution in [3.05, 3.63) is 140 Å². The van der Waals surface area contributed by atoms with E-state index in [1.165, 1.54) is 11.8 Å². The van der Waals surface area contributed by atoms with E-state index in [4.69, 9.17) is 14.8 Å². The molecule has 1 N–H and O–H groups in total. The summed E-state index contributed by atoms with van der Waals surface area (Å²) in [7, 11) is 0. The van der Waals surface area contributed by atoms with Gasteiger partial charge in [-0.05, 0) is 80.3 Å². The van der Waals surface area contributed by atoms with Crippen molar-refractivity contribution in [2.75, 3.05) is 0 Å². The van der Waals surface area contributed by atoms with Gasteiger partial charge in [0.15, 0.2) is 5.17 Å². The van der Waals surface area contributed by atoms with E-state index in [9.17, 15) is 9.59 Å². The molecule has 4 aromatic rings. The Morgan fingerprint density at radius 2 is 1.57 bits per heavy atom. The van der Waals surface area contributed by atoms with E-state index in [0.717, 1.165) is 26.7 Å². The first-order valence-corrected chi connectivity index (χ1v) is 14.2. The molecule has 1 saturated heterocycles. The lowest BCUT2D eigenvalue weighted by atomic mass is 10.1. The van der Waals surface area contributed by atoms with E-state index in [1.807, 2.05) is 84.9 Å². The van der Waals surface area contributed by atoms with Crippen molar-refractivity contribution >= 4 is 50.8 Å². The molecule has 1 fully saturated rings. The minimum absolute atomic E-state index is 0.0816. The highest BCUT2D eigenvalue weighted by molar-refractivity contribution is 9.10. The second kappa shape index (κ2) is 12.8. The highest BCUT2D eigenvalue weighted by Crippen LogP contribution is 2.35.